The van der Waals surface area contributed by atoms with Gasteiger partial charge in [-0.25, -0.2) is 0 Å². The van der Waals surface area contributed by atoms with E-state index in [4.69, 9.17) is 5.73 Å². The van der Waals surface area contributed by atoms with Gasteiger partial charge in [-0.05, 0) is 25.9 Å². The number of likely N-dealkylation sites (tertiary alicyclic amines) is 1. The zero-order chi connectivity index (χ0) is 17.8. The molecular weight excluding hydrogens is 308 g/mol. The summed E-state index contributed by atoms with van der Waals surface area (Å²) < 4.78 is 0. The molecule has 0 radical (unpaired) electrons. The topological polar surface area (TPSA) is 110 Å². The number of β-amino-alcohol motifs (C(OH)–C–C–N with tert-alkyl or cyclic N) is 1. The largest absolute Gasteiger partial charge is 0.395 e. The van der Waals surface area contributed by atoms with Crippen LogP contribution in [-0.4, -0.2) is 75.9 Å². The number of aliphatic hydroxyl groups excluding tert-OH is 4. The molecule has 1 saturated heterocycles. The Bertz CT molecular complexity index is 307. The highest BCUT2D eigenvalue weighted by Gasteiger charge is 2.40. The first-order valence-electron chi connectivity index (χ1n) is 9.71. The second-order valence-electron chi connectivity index (χ2n) is 7.12. The van der Waals surface area contributed by atoms with Crippen molar-refractivity contribution in [3.8, 4) is 0 Å². The Labute approximate surface area is 146 Å². The van der Waals surface area contributed by atoms with Gasteiger partial charge in [-0.2, -0.15) is 0 Å². The van der Waals surface area contributed by atoms with Crippen molar-refractivity contribution in [1.82, 2.24) is 4.90 Å². The molecule has 1 rings (SSSR count). The second kappa shape index (κ2) is 13.0. The van der Waals surface area contributed by atoms with Crippen molar-refractivity contribution >= 4 is 0 Å². The first-order valence-corrected chi connectivity index (χ1v) is 9.71. The van der Waals surface area contributed by atoms with Gasteiger partial charge in [-0.1, -0.05) is 51.4 Å². The molecule has 0 aliphatic carbocycles. The van der Waals surface area contributed by atoms with Crippen LogP contribution < -0.4 is 5.73 Å². The maximum absolute atomic E-state index is 9.94. The lowest BCUT2D eigenvalue weighted by Crippen LogP contribution is -2.62. The SMILES string of the molecule is NCCCCCCCCCCCCN1CC(O)C(O)C(O)C1CO. The van der Waals surface area contributed by atoms with Crippen molar-refractivity contribution in [3.05, 3.63) is 0 Å². The van der Waals surface area contributed by atoms with Gasteiger partial charge in [-0.15, -0.1) is 0 Å². The number of rotatable bonds is 13. The molecule has 0 aromatic rings. The molecule has 6 heteroatoms. The molecule has 144 valence electrons. The average molecular weight is 347 g/mol. The highest BCUT2D eigenvalue weighted by atomic mass is 16.4. The fourth-order valence-electron chi connectivity index (χ4n) is 3.51. The summed E-state index contributed by atoms with van der Waals surface area (Å²) in [5.74, 6) is 0. The van der Waals surface area contributed by atoms with Crippen LogP contribution in [0.1, 0.15) is 64.2 Å². The Balaban J connectivity index is 2.04. The zero-order valence-electron chi connectivity index (χ0n) is 15.0. The van der Waals surface area contributed by atoms with E-state index in [1.165, 1.54) is 44.9 Å². The Morgan fingerprint density at radius 1 is 0.750 bits per heavy atom. The molecule has 1 heterocycles. The summed E-state index contributed by atoms with van der Waals surface area (Å²) in [7, 11) is 0. The lowest BCUT2D eigenvalue weighted by atomic mass is 9.94. The first-order chi connectivity index (χ1) is 11.6. The molecule has 0 amide bonds. The molecule has 24 heavy (non-hydrogen) atoms. The molecule has 0 aromatic heterocycles. The van der Waals surface area contributed by atoms with Crippen LogP contribution in [0.3, 0.4) is 0 Å². The fourth-order valence-corrected chi connectivity index (χ4v) is 3.51. The van der Waals surface area contributed by atoms with Crippen molar-refractivity contribution in [1.29, 1.82) is 0 Å². The van der Waals surface area contributed by atoms with E-state index >= 15 is 0 Å². The fraction of sp³-hybridized carbons (Fsp3) is 1.00. The van der Waals surface area contributed by atoms with Gasteiger partial charge in [0.1, 0.15) is 12.2 Å². The molecule has 0 aromatic carbocycles. The summed E-state index contributed by atoms with van der Waals surface area (Å²) in [5.41, 5.74) is 5.47. The van der Waals surface area contributed by atoms with Gasteiger partial charge in [0.25, 0.3) is 0 Å². The second-order valence-corrected chi connectivity index (χ2v) is 7.12. The van der Waals surface area contributed by atoms with E-state index in [9.17, 15) is 20.4 Å². The summed E-state index contributed by atoms with van der Waals surface area (Å²) >= 11 is 0. The number of hydrogen-bond acceptors (Lipinski definition) is 6. The smallest absolute Gasteiger partial charge is 0.109 e. The third-order valence-corrected chi connectivity index (χ3v) is 5.12. The molecule has 1 aliphatic rings. The van der Waals surface area contributed by atoms with Crippen LogP contribution in [0.15, 0.2) is 0 Å². The summed E-state index contributed by atoms with van der Waals surface area (Å²) in [6, 6.07) is -0.475. The Morgan fingerprint density at radius 3 is 1.75 bits per heavy atom. The van der Waals surface area contributed by atoms with E-state index in [1.807, 2.05) is 4.90 Å². The van der Waals surface area contributed by atoms with E-state index in [1.54, 1.807) is 0 Å². The van der Waals surface area contributed by atoms with E-state index < -0.39 is 24.4 Å². The Hall–Kier alpha value is -0.240. The number of nitrogens with two attached hydrogens (primary N) is 1. The summed E-state index contributed by atoms with van der Waals surface area (Å²) in [6.07, 6.45) is 8.97. The van der Waals surface area contributed by atoms with Crippen LogP contribution in [0, 0.1) is 0 Å². The summed E-state index contributed by atoms with van der Waals surface area (Å²) in [4.78, 5) is 1.90. The van der Waals surface area contributed by atoms with Gasteiger partial charge in [0.2, 0.25) is 0 Å². The average Bonchev–Trinajstić information content (AvgIpc) is 2.58. The van der Waals surface area contributed by atoms with Crippen molar-refractivity contribution in [2.24, 2.45) is 5.73 Å². The number of aliphatic hydroxyl groups is 4. The van der Waals surface area contributed by atoms with Gasteiger partial charge >= 0.3 is 0 Å². The molecule has 6 N–H and O–H groups in total. The van der Waals surface area contributed by atoms with Crippen molar-refractivity contribution in [3.63, 3.8) is 0 Å². The van der Waals surface area contributed by atoms with Crippen LogP contribution >= 0.6 is 0 Å². The van der Waals surface area contributed by atoms with Crippen LogP contribution in [0.4, 0.5) is 0 Å². The highest BCUT2D eigenvalue weighted by Crippen LogP contribution is 2.20. The first kappa shape index (κ1) is 21.8. The maximum atomic E-state index is 9.94. The van der Waals surface area contributed by atoms with E-state index in [2.05, 4.69) is 0 Å². The van der Waals surface area contributed by atoms with E-state index in [-0.39, 0.29) is 6.61 Å². The van der Waals surface area contributed by atoms with E-state index in [0.717, 1.165) is 32.4 Å². The number of unbranched alkanes of at least 4 members (excludes halogenated alkanes) is 9. The molecule has 4 unspecified atom stereocenters. The van der Waals surface area contributed by atoms with Crippen molar-refractivity contribution in [2.45, 2.75) is 88.6 Å². The van der Waals surface area contributed by atoms with Crippen LogP contribution in [-0.2, 0) is 0 Å². The molecule has 6 nitrogen and oxygen atoms in total. The molecule has 0 spiro atoms. The van der Waals surface area contributed by atoms with Crippen molar-refractivity contribution < 1.29 is 20.4 Å². The summed E-state index contributed by atoms with van der Waals surface area (Å²) in [5, 5.41) is 38.8. The molecule has 0 bridgehead atoms. The monoisotopic (exact) mass is 346 g/mol. The third-order valence-electron chi connectivity index (χ3n) is 5.12. The zero-order valence-corrected chi connectivity index (χ0v) is 15.0. The standard InChI is InChI=1S/C18H38N2O4/c19-11-9-7-5-3-1-2-4-6-8-10-12-20-13-16(22)18(24)17(23)15(20)14-21/h15-18,21-24H,1-14,19H2. The van der Waals surface area contributed by atoms with Gasteiger partial charge < -0.3 is 26.2 Å². The quantitative estimate of drug-likeness (QED) is 0.313. The van der Waals surface area contributed by atoms with Crippen LogP contribution in [0.5, 0.6) is 0 Å². The minimum atomic E-state index is -1.16. The molecule has 1 aliphatic heterocycles. The molecular formula is C18H38N2O4. The summed E-state index contributed by atoms with van der Waals surface area (Å²) in [6.45, 7) is 1.66. The molecule has 1 fully saturated rings. The predicted octanol–water partition coefficient (Wildman–Crippen LogP) is 0.605. The molecule has 0 saturated carbocycles. The Morgan fingerprint density at radius 2 is 1.25 bits per heavy atom. The van der Waals surface area contributed by atoms with Crippen molar-refractivity contribution in [2.75, 3.05) is 26.2 Å². The maximum Gasteiger partial charge on any atom is 0.109 e. The molecule has 4 atom stereocenters. The lowest BCUT2D eigenvalue weighted by Gasteiger charge is -2.43. The number of hydrogen-bond donors (Lipinski definition) is 5. The minimum Gasteiger partial charge on any atom is -0.395 e. The normalized spacial score (nSPS) is 28.4. The van der Waals surface area contributed by atoms with Crippen LogP contribution in [0.2, 0.25) is 0 Å². The van der Waals surface area contributed by atoms with Gasteiger partial charge in [0, 0.05) is 6.54 Å². The highest BCUT2D eigenvalue weighted by molar-refractivity contribution is 4.93. The van der Waals surface area contributed by atoms with Gasteiger partial charge in [0.15, 0.2) is 0 Å². The van der Waals surface area contributed by atoms with E-state index in [0.29, 0.717) is 6.54 Å². The predicted molar refractivity (Wildman–Crippen MR) is 95.7 cm³/mol. The minimum absolute atomic E-state index is 0.199. The van der Waals surface area contributed by atoms with Crippen LogP contribution in [0.25, 0.3) is 0 Å². The number of nitrogens with zero attached hydrogens (tertiary/aromatic N) is 1. The third kappa shape index (κ3) is 7.76. The lowest BCUT2D eigenvalue weighted by molar-refractivity contribution is -0.145. The number of piperidine rings is 1. The van der Waals surface area contributed by atoms with Gasteiger partial charge in [-0.3, -0.25) is 4.90 Å². The Kier molecular flexibility index (Phi) is 11.8. The van der Waals surface area contributed by atoms with Gasteiger partial charge in [0.05, 0.1) is 18.8 Å².